The predicted octanol–water partition coefficient (Wildman–Crippen LogP) is -2.55. The summed E-state index contributed by atoms with van der Waals surface area (Å²) in [4.78, 5) is 29.5. The van der Waals surface area contributed by atoms with Crippen LogP contribution in [0, 0.1) is 0 Å². The second-order valence-corrected chi connectivity index (χ2v) is 8.11. The number of piperazine rings is 1. The predicted molar refractivity (Wildman–Crippen MR) is 98.6 cm³/mol. The molecular formula is C18H28BrN4O2+3. The lowest BCUT2D eigenvalue weighted by Gasteiger charge is -2.27. The quantitative estimate of drug-likeness (QED) is 0.356. The van der Waals surface area contributed by atoms with E-state index in [9.17, 15) is 9.59 Å². The third-order valence-electron chi connectivity index (χ3n) is 5.26. The lowest BCUT2D eigenvalue weighted by atomic mass is 10.2. The number of hydrogen-bond donors (Lipinski definition) is 3. The van der Waals surface area contributed by atoms with E-state index in [1.54, 1.807) is 21.9 Å². The molecule has 2 amide bonds. The fraction of sp³-hybridized carbons (Fsp3) is 0.556. The normalized spacial score (nSPS) is 27.1. The van der Waals surface area contributed by atoms with Gasteiger partial charge in [0.1, 0.15) is 26.2 Å². The summed E-state index contributed by atoms with van der Waals surface area (Å²) in [5.74, 6) is -0.177. The molecule has 2 heterocycles. The van der Waals surface area contributed by atoms with Crippen LogP contribution in [0.3, 0.4) is 0 Å². The van der Waals surface area contributed by atoms with E-state index in [4.69, 9.17) is 0 Å². The summed E-state index contributed by atoms with van der Waals surface area (Å²) in [6.45, 7) is 7.04. The SMILES string of the molecule is C[NH+]1CC[NH+](CCC[NH2+][C@@H]2CC(=O)N(c3ccc(Br)cc3)C2=O)CC1. The van der Waals surface area contributed by atoms with Crippen LogP contribution in [0.4, 0.5) is 5.69 Å². The van der Waals surface area contributed by atoms with Crippen molar-refractivity contribution in [2.24, 2.45) is 0 Å². The molecule has 0 aromatic heterocycles. The molecule has 4 N–H and O–H groups in total. The van der Waals surface area contributed by atoms with E-state index >= 15 is 0 Å². The van der Waals surface area contributed by atoms with Crippen molar-refractivity contribution in [3.63, 3.8) is 0 Å². The molecule has 0 unspecified atom stereocenters. The van der Waals surface area contributed by atoms with E-state index in [1.807, 2.05) is 12.1 Å². The first-order chi connectivity index (χ1) is 12.0. The van der Waals surface area contributed by atoms with Gasteiger partial charge < -0.3 is 15.1 Å². The number of imide groups is 1. The van der Waals surface area contributed by atoms with Crippen LogP contribution in [-0.4, -0.2) is 64.2 Å². The maximum Gasteiger partial charge on any atom is 0.292 e. The number of carbonyl (C=O) groups excluding carboxylic acids is 2. The van der Waals surface area contributed by atoms with E-state index < -0.39 is 0 Å². The van der Waals surface area contributed by atoms with Crippen LogP contribution < -0.4 is 20.0 Å². The number of anilines is 1. The standard InChI is InChI=1S/C18H25BrN4O2/c1-21-9-11-22(12-10-21)8-2-7-20-16-13-17(24)23(18(16)25)15-5-3-14(19)4-6-15/h3-6,16,20H,2,7-13H2,1H3/p+3/t16-/m1/s1. The van der Waals surface area contributed by atoms with Gasteiger partial charge in [0.25, 0.3) is 5.91 Å². The first-order valence-electron chi connectivity index (χ1n) is 9.15. The number of halogens is 1. The first kappa shape index (κ1) is 18.5. The third kappa shape index (κ3) is 4.67. The average molecular weight is 412 g/mol. The Hall–Kier alpha value is -1.28. The van der Waals surface area contributed by atoms with Crippen molar-refractivity contribution in [3.8, 4) is 0 Å². The van der Waals surface area contributed by atoms with Crippen molar-refractivity contribution in [2.45, 2.75) is 18.9 Å². The number of likely N-dealkylation sites (N-methyl/N-ethyl adjacent to an activating group) is 1. The first-order valence-corrected chi connectivity index (χ1v) is 9.94. The minimum atomic E-state index is -0.261. The Labute approximate surface area is 157 Å². The average Bonchev–Trinajstić information content (AvgIpc) is 2.88. The number of rotatable bonds is 6. The zero-order valence-electron chi connectivity index (χ0n) is 14.8. The lowest BCUT2D eigenvalue weighted by Crippen LogP contribution is -3.27. The van der Waals surface area contributed by atoms with Crippen LogP contribution in [-0.2, 0) is 9.59 Å². The molecule has 0 spiro atoms. The number of quaternary nitrogens is 3. The molecule has 7 heteroatoms. The molecule has 2 aliphatic rings. The number of nitrogens with one attached hydrogen (secondary N) is 2. The molecule has 6 nitrogen and oxygen atoms in total. The van der Waals surface area contributed by atoms with E-state index in [-0.39, 0.29) is 17.9 Å². The smallest absolute Gasteiger partial charge is 0.292 e. The summed E-state index contributed by atoms with van der Waals surface area (Å²) in [5, 5.41) is 2.06. The summed E-state index contributed by atoms with van der Waals surface area (Å²) in [6.07, 6.45) is 1.39. The Morgan fingerprint density at radius 1 is 1.16 bits per heavy atom. The van der Waals surface area contributed by atoms with Gasteiger partial charge in [0, 0.05) is 10.9 Å². The van der Waals surface area contributed by atoms with Crippen LogP contribution in [0.25, 0.3) is 0 Å². The molecule has 0 aliphatic carbocycles. The van der Waals surface area contributed by atoms with Crippen LogP contribution in [0.2, 0.25) is 0 Å². The molecule has 0 bridgehead atoms. The highest BCUT2D eigenvalue weighted by Crippen LogP contribution is 2.23. The zero-order chi connectivity index (χ0) is 17.8. The van der Waals surface area contributed by atoms with Gasteiger partial charge in [-0.05, 0) is 24.3 Å². The Morgan fingerprint density at radius 2 is 1.84 bits per heavy atom. The molecule has 2 saturated heterocycles. The number of amides is 2. The second-order valence-electron chi connectivity index (χ2n) is 7.19. The summed E-state index contributed by atoms with van der Waals surface area (Å²) >= 11 is 3.38. The van der Waals surface area contributed by atoms with Gasteiger partial charge in [0.2, 0.25) is 5.91 Å². The Kier molecular flexibility index (Phi) is 6.22. The summed E-state index contributed by atoms with van der Waals surface area (Å²) in [7, 11) is 2.25. The molecule has 3 rings (SSSR count). The molecule has 25 heavy (non-hydrogen) atoms. The fourth-order valence-corrected chi connectivity index (χ4v) is 3.92. The second kappa shape index (κ2) is 8.40. The van der Waals surface area contributed by atoms with E-state index in [0.29, 0.717) is 12.1 Å². The summed E-state index contributed by atoms with van der Waals surface area (Å²) in [6, 6.07) is 7.06. The van der Waals surface area contributed by atoms with Crippen LogP contribution in [0.15, 0.2) is 28.7 Å². The maximum atomic E-state index is 12.6. The number of hydrogen-bond acceptors (Lipinski definition) is 2. The molecule has 0 radical (unpaired) electrons. The van der Waals surface area contributed by atoms with E-state index in [2.05, 4.69) is 28.3 Å². The Bertz CT molecular complexity index is 614. The molecule has 2 aliphatic heterocycles. The minimum Gasteiger partial charge on any atom is -0.335 e. The van der Waals surface area contributed by atoms with Crippen LogP contribution >= 0.6 is 15.9 Å². The molecule has 2 fully saturated rings. The van der Waals surface area contributed by atoms with Crippen LogP contribution in [0.1, 0.15) is 12.8 Å². The largest absolute Gasteiger partial charge is 0.335 e. The number of nitrogens with two attached hydrogens (primary N) is 1. The minimum absolute atomic E-state index is 0.0807. The summed E-state index contributed by atoms with van der Waals surface area (Å²) < 4.78 is 0.937. The molecule has 1 atom stereocenters. The van der Waals surface area contributed by atoms with E-state index in [1.165, 1.54) is 31.1 Å². The van der Waals surface area contributed by atoms with Crippen molar-refractivity contribution >= 4 is 33.4 Å². The Balaban J connectivity index is 1.45. The highest BCUT2D eigenvalue weighted by molar-refractivity contribution is 9.10. The third-order valence-corrected chi connectivity index (χ3v) is 5.79. The summed E-state index contributed by atoms with van der Waals surface area (Å²) in [5.41, 5.74) is 0.665. The van der Waals surface area contributed by atoms with Crippen molar-refractivity contribution in [1.29, 1.82) is 0 Å². The monoisotopic (exact) mass is 411 g/mol. The van der Waals surface area contributed by atoms with Gasteiger partial charge in [0.05, 0.1) is 32.2 Å². The van der Waals surface area contributed by atoms with Crippen molar-refractivity contribution in [2.75, 3.05) is 51.2 Å². The van der Waals surface area contributed by atoms with Gasteiger partial charge in [-0.15, -0.1) is 0 Å². The lowest BCUT2D eigenvalue weighted by molar-refractivity contribution is -1.00. The van der Waals surface area contributed by atoms with Crippen LogP contribution in [0.5, 0.6) is 0 Å². The topological polar surface area (TPSA) is 62.9 Å². The van der Waals surface area contributed by atoms with Gasteiger partial charge in [-0.25, -0.2) is 4.90 Å². The maximum absolute atomic E-state index is 12.6. The Morgan fingerprint density at radius 3 is 2.52 bits per heavy atom. The van der Waals surface area contributed by atoms with Gasteiger partial charge >= 0.3 is 0 Å². The van der Waals surface area contributed by atoms with Crippen molar-refractivity contribution in [1.82, 2.24) is 0 Å². The van der Waals surface area contributed by atoms with Crippen molar-refractivity contribution < 1.29 is 24.7 Å². The number of benzene rings is 1. The van der Waals surface area contributed by atoms with E-state index in [0.717, 1.165) is 24.0 Å². The highest BCUT2D eigenvalue weighted by atomic mass is 79.9. The molecule has 1 aromatic rings. The van der Waals surface area contributed by atoms with Crippen molar-refractivity contribution in [3.05, 3.63) is 28.7 Å². The molecule has 136 valence electrons. The molecular weight excluding hydrogens is 384 g/mol. The molecule has 1 aromatic carbocycles. The van der Waals surface area contributed by atoms with Gasteiger partial charge in [-0.3, -0.25) is 9.59 Å². The van der Waals surface area contributed by atoms with Gasteiger partial charge in [-0.2, -0.15) is 0 Å². The molecule has 0 saturated carbocycles. The van der Waals surface area contributed by atoms with Gasteiger partial charge in [-0.1, -0.05) is 15.9 Å². The number of nitrogens with zero attached hydrogens (tertiary/aromatic N) is 1. The highest BCUT2D eigenvalue weighted by Gasteiger charge is 2.42. The zero-order valence-corrected chi connectivity index (χ0v) is 16.3. The number of carbonyl (C=O) groups is 2. The van der Waals surface area contributed by atoms with Gasteiger partial charge in [0.15, 0.2) is 6.04 Å². The fourth-order valence-electron chi connectivity index (χ4n) is 3.65.